The first-order chi connectivity index (χ1) is 7.31. The number of hydrogen-bond acceptors (Lipinski definition) is 3. The quantitative estimate of drug-likeness (QED) is 0.481. The van der Waals surface area contributed by atoms with E-state index in [-0.39, 0.29) is 0 Å². The van der Waals surface area contributed by atoms with E-state index in [2.05, 4.69) is 19.3 Å². The van der Waals surface area contributed by atoms with E-state index >= 15 is 0 Å². The number of nitrogens with one attached hydrogen (secondary N) is 1. The van der Waals surface area contributed by atoms with Gasteiger partial charge in [-0.25, -0.2) is 0 Å². The van der Waals surface area contributed by atoms with Crippen LogP contribution in [0.4, 0.5) is 0 Å². The molecule has 0 aromatic carbocycles. The van der Waals surface area contributed by atoms with Crippen LogP contribution in [0.3, 0.4) is 0 Å². The Morgan fingerprint density at radius 1 is 1.40 bits per heavy atom. The lowest BCUT2D eigenvalue weighted by atomic mass is 9.79. The highest BCUT2D eigenvalue weighted by molar-refractivity contribution is 4.81. The molecule has 2 unspecified atom stereocenters. The predicted molar refractivity (Wildman–Crippen MR) is 63.4 cm³/mol. The van der Waals surface area contributed by atoms with Gasteiger partial charge in [0.15, 0.2) is 0 Å². The Bertz CT molecular complexity index is 154. The topological polar surface area (TPSA) is 47.3 Å². The van der Waals surface area contributed by atoms with Crippen molar-refractivity contribution >= 4 is 0 Å². The summed E-state index contributed by atoms with van der Waals surface area (Å²) >= 11 is 0. The van der Waals surface area contributed by atoms with Crippen LogP contribution in [-0.2, 0) is 4.74 Å². The lowest BCUT2D eigenvalue weighted by molar-refractivity contribution is 0.0177. The molecule has 0 aromatic rings. The van der Waals surface area contributed by atoms with Gasteiger partial charge in [0.2, 0.25) is 0 Å². The lowest BCUT2D eigenvalue weighted by Gasteiger charge is -2.33. The molecule has 0 amide bonds. The zero-order valence-corrected chi connectivity index (χ0v) is 10.2. The molecule has 0 saturated heterocycles. The summed E-state index contributed by atoms with van der Waals surface area (Å²) in [5.74, 6) is 6.51. The van der Waals surface area contributed by atoms with Crippen LogP contribution in [0, 0.1) is 5.92 Å². The normalized spacial score (nSPS) is 21.0. The van der Waals surface area contributed by atoms with Crippen LogP contribution in [0.1, 0.15) is 52.4 Å². The van der Waals surface area contributed by atoms with E-state index in [0.717, 1.165) is 25.4 Å². The van der Waals surface area contributed by atoms with E-state index < -0.39 is 0 Å². The number of hydrazine groups is 1. The van der Waals surface area contributed by atoms with Gasteiger partial charge < -0.3 is 4.74 Å². The Morgan fingerprint density at radius 2 is 2.13 bits per heavy atom. The minimum atomic E-state index is 0.297. The molecule has 1 rings (SSSR count). The molecule has 15 heavy (non-hydrogen) atoms. The maximum Gasteiger partial charge on any atom is 0.0741 e. The molecule has 0 aliphatic heterocycles. The van der Waals surface area contributed by atoms with Crippen molar-refractivity contribution in [3.63, 3.8) is 0 Å². The van der Waals surface area contributed by atoms with Crippen LogP contribution >= 0.6 is 0 Å². The van der Waals surface area contributed by atoms with E-state index in [1.165, 1.54) is 25.7 Å². The van der Waals surface area contributed by atoms with Gasteiger partial charge in [0, 0.05) is 12.6 Å². The average Bonchev–Trinajstić information content (AvgIpc) is 2.17. The van der Waals surface area contributed by atoms with Gasteiger partial charge in [0.1, 0.15) is 0 Å². The van der Waals surface area contributed by atoms with Crippen LogP contribution in [0.2, 0.25) is 0 Å². The number of ether oxygens (including phenoxy) is 1. The maximum atomic E-state index is 5.76. The van der Waals surface area contributed by atoms with Crippen molar-refractivity contribution in [1.29, 1.82) is 0 Å². The van der Waals surface area contributed by atoms with E-state index in [4.69, 9.17) is 10.6 Å². The van der Waals surface area contributed by atoms with Crippen LogP contribution in [0.5, 0.6) is 0 Å². The van der Waals surface area contributed by atoms with Gasteiger partial charge >= 0.3 is 0 Å². The van der Waals surface area contributed by atoms with Crippen LogP contribution < -0.4 is 11.3 Å². The monoisotopic (exact) mass is 214 g/mol. The molecular formula is C12H26N2O. The highest BCUT2D eigenvalue weighted by atomic mass is 16.5. The summed E-state index contributed by atoms with van der Waals surface area (Å²) in [6.45, 7) is 5.04. The molecule has 3 N–H and O–H groups in total. The molecule has 3 nitrogen and oxygen atoms in total. The molecule has 1 fully saturated rings. The fraction of sp³-hybridized carbons (Fsp3) is 1.00. The summed E-state index contributed by atoms with van der Waals surface area (Å²) in [4.78, 5) is 0. The number of rotatable bonds is 8. The second-order valence-electron chi connectivity index (χ2n) is 4.59. The third-order valence-corrected chi connectivity index (χ3v) is 3.43. The minimum absolute atomic E-state index is 0.297. The molecule has 2 atom stereocenters. The molecule has 1 saturated carbocycles. The van der Waals surface area contributed by atoms with E-state index in [1.807, 2.05) is 0 Å². The third-order valence-electron chi connectivity index (χ3n) is 3.43. The highest BCUT2D eigenvalue weighted by Crippen LogP contribution is 2.31. The first-order valence-electron chi connectivity index (χ1n) is 6.39. The van der Waals surface area contributed by atoms with Crippen molar-refractivity contribution in [2.24, 2.45) is 11.8 Å². The van der Waals surface area contributed by atoms with Gasteiger partial charge in [0.05, 0.1) is 6.10 Å². The van der Waals surface area contributed by atoms with Crippen LogP contribution in [-0.4, -0.2) is 18.8 Å². The third kappa shape index (κ3) is 4.09. The van der Waals surface area contributed by atoms with Gasteiger partial charge in [-0.2, -0.15) is 0 Å². The van der Waals surface area contributed by atoms with Gasteiger partial charge in [-0.3, -0.25) is 11.3 Å². The average molecular weight is 214 g/mol. The van der Waals surface area contributed by atoms with Crippen molar-refractivity contribution in [2.45, 2.75) is 64.5 Å². The Labute approximate surface area is 93.7 Å². The summed E-state index contributed by atoms with van der Waals surface area (Å²) in [5.41, 5.74) is 2.95. The Hall–Kier alpha value is -0.120. The van der Waals surface area contributed by atoms with Gasteiger partial charge in [0.25, 0.3) is 0 Å². The summed E-state index contributed by atoms with van der Waals surface area (Å²) < 4.78 is 5.76. The Kier molecular flexibility index (Phi) is 6.22. The van der Waals surface area contributed by atoms with Crippen molar-refractivity contribution in [3.8, 4) is 0 Å². The fourth-order valence-corrected chi connectivity index (χ4v) is 2.31. The number of hydrogen-bond donors (Lipinski definition) is 2. The molecule has 0 radical (unpaired) electrons. The summed E-state index contributed by atoms with van der Waals surface area (Å²) in [7, 11) is 0. The molecule has 90 valence electrons. The Balaban J connectivity index is 2.35. The zero-order valence-electron chi connectivity index (χ0n) is 10.2. The van der Waals surface area contributed by atoms with Crippen molar-refractivity contribution < 1.29 is 4.74 Å². The number of nitrogens with two attached hydrogens (primary N) is 1. The molecule has 3 heteroatoms. The first-order valence-corrected chi connectivity index (χ1v) is 6.39. The molecule has 0 bridgehead atoms. The van der Waals surface area contributed by atoms with Crippen molar-refractivity contribution in [2.75, 3.05) is 6.61 Å². The summed E-state index contributed by atoms with van der Waals surface area (Å²) in [5, 5.41) is 0. The molecule has 0 spiro atoms. The van der Waals surface area contributed by atoms with Crippen molar-refractivity contribution in [1.82, 2.24) is 5.43 Å². The maximum absolute atomic E-state index is 5.76. The fourth-order valence-electron chi connectivity index (χ4n) is 2.31. The van der Waals surface area contributed by atoms with Crippen LogP contribution in [0.25, 0.3) is 0 Å². The molecule has 0 heterocycles. The van der Waals surface area contributed by atoms with E-state index in [0.29, 0.717) is 12.1 Å². The van der Waals surface area contributed by atoms with Gasteiger partial charge in [-0.05, 0) is 25.7 Å². The molecule has 0 aromatic heterocycles. The van der Waals surface area contributed by atoms with Crippen molar-refractivity contribution in [3.05, 3.63) is 0 Å². The second-order valence-corrected chi connectivity index (χ2v) is 4.59. The smallest absolute Gasteiger partial charge is 0.0741 e. The van der Waals surface area contributed by atoms with Crippen LogP contribution in [0.15, 0.2) is 0 Å². The highest BCUT2D eigenvalue weighted by Gasteiger charge is 2.26. The standard InChI is InChI=1S/C12H26N2O/c1-3-6-12(15-4-2)11(14-13)9-10-7-5-8-10/h10-12,14H,3-9,13H2,1-2H3. The predicted octanol–water partition coefficient (Wildman–Crippen LogP) is 2.21. The molecule has 1 aliphatic carbocycles. The van der Waals surface area contributed by atoms with E-state index in [1.54, 1.807) is 0 Å². The first kappa shape index (κ1) is 12.9. The van der Waals surface area contributed by atoms with Gasteiger partial charge in [-0.1, -0.05) is 32.6 Å². The largest absolute Gasteiger partial charge is 0.377 e. The lowest BCUT2D eigenvalue weighted by Crippen LogP contribution is -2.46. The second kappa shape index (κ2) is 7.20. The molecular weight excluding hydrogens is 188 g/mol. The summed E-state index contributed by atoms with van der Waals surface area (Å²) in [6, 6.07) is 0.343. The summed E-state index contributed by atoms with van der Waals surface area (Å²) in [6.07, 6.45) is 7.90. The van der Waals surface area contributed by atoms with Gasteiger partial charge in [-0.15, -0.1) is 0 Å². The van der Waals surface area contributed by atoms with E-state index in [9.17, 15) is 0 Å². The zero-order chi connectivity index (χ0) is 11.1. The SMILES string of the molecule is CCCC(OCC)C(CC1CCC1)NN. The minimum Gasteiger partial charge on any atom is -0.377 e. The Morgan fingerprint density at radius 3 is 2.53 bits per heavy atom. The molecule has 1 aliphatic rings.